The first kappa shape index (κ1) is 37.2. The lowest BCUT2D eigenvalue weighted by Gasteiger charge is -2.24. The summed E-state index contributed by atoms with van der Waals surface area (Å²) in [6.45, 7) is 15.3. The second-order valence-electron chi connectivity index (χ2n) is 12.7. The van der Waals surface area contributed by atoms with Crippen molar-refractivity contribution < 1.29 is 24.2 Å². The molecule has 9 heteroatoms. The number of hydrogen-bond donors (Lipinski definition) is 3. The van der Waals surface area contributed by atoms with Gasteiger partial charge in [0.25, 0.3) is 0 Å². The number of nitrogens with one attached hydrogen (secondary N) is 2. The highest BCUT2D eigenvalue weighted by molar-refractivity contribution is 5.92. The molecular weight excluding hydrogens is 592 g/mol. The van der Waals surface area contributed by atoms with Crippen LogP contribution >= 0.6 is 0 Å². The van der Waals surface area contributed by atoms with Gasteiger partial charge in [0.1, 0.15) is 5.75 Å². The number of unbranched alkanes of at least 4 members (excludes halogenated alkanes) is 3. The van der Waals surface area contributed by atoms with E-state index >= 15 is 0 Å². The number of phenols is 1. The molecule has 254 valence electrons. The van der Waals surface area contributed by atoms with E-state index in [1.807, 2.05) is 19.1 Å². The Balaban J connectivity index is 2.07. The largest absolute Gasteiger partial charge is 0.508 e. The highest BCUT2D eigenvalue weighted by atomic mass is 16.5. The molecule has 0 fully saturated rings. The van der Waals surface area contributed by atoms with Gasteiger partial charge in [0.05, 0.1) is 18.4 Å². The number of hydrogen-bond acceptors (Lipinski definition) is 7. The van der Waals surface area contributed by atoms with E-state index in [9.17, 15) is 14.7 Å². The lowest BCUT2D eigenvalue weighted by atomic mass is 9.85. The summed E-state index contributed by atoms with van der Waals surface area (Å²) < 4.78 is 13.4. The Morgan fingerprint density at radius 3 is 2.57 bits per heavy atom. The average molecular weight is 645 g/mol. The van der Waals surface area contributed by atoms with Gasteiger partial charge in [-0.2, -0.15) is 0 Å². The minimum atomic E-state index is -0.340. The number of amides is 1. The van der Waals surface area contributed by atoms with Crippen LogP contribution in [0.4, 0.5) is 0 Å². The normalized spacial score (nSPS) is 12.9. The molecule has 0 saturated carbocycles. The molecule has 0 aliphatic heterocycles. The van der Waals surface area contributed by atoms with Crippen LogP contribution in [-0.2, 0) is 38.4 Å². The van der Waals surface area contributed by atoms with Crippen molar-refractivity contribution in [3.05, 3.63) is 71.6 Å². The van der Waals surface area contributed by atoms with Gasteiger partial charge in [0.2, 0.25) is 6.41 Å². The molecule has 1 heterocycles. The number of carbonyl (C=O) groups is 2. The minimum absolute atomic E-state index is 0.242. The van der Waals surface area contributed by atoms with Crippen molar-refractivity contribution in [2.24, 2.45) is 10.4 Å². The molecule has 0 saturated heterocycles. The number of esters is 1. The predicted octanol–water partition coefficient (Wildman–Crippen LogP) is 7.15. The number of benzene rings is 2. The van der Waals surface area contributed by atoms with Crippen LogP contribution in [0.5, 0.6) is 5.75 Å². The molecule has 0 aliphatic carbocycles. The highest BCUT2D eigenvalue weighted by Crippen LogP contribution is 2.37. The summed E-state index contributed by atoms with van der Waals surface area (Å²) in [4.78, 5) is 26.7. The molecule has 0 aliphatic rings. The lowest BCUT2D eigenvalue weighted by molar-refractivity contribution is -0.143. The van der Waals surface area contributed by atoms with Crippen molar-refractivity contribution in [3.63, 3.8) is 0 Å². The number of aromatic hydroxyl groups is 1. The maximum Gasteiger partial charge on any atom is 0.302 e. The first-order valence-corrected chi connectivity index (χ1v) is 16.5. The van der Waals surface area contributed by atoms with E-state index < -0.39 is 0 Å². The summed E-state index contributed by atoms with van der Waals surface area (Å²) in [6, 6.07) is 12.3. The molecule has 3 aromatic rings. The van der Waals surface area contributed by atoms with Crippen molar-refractivity contribution in [1.82, 2.24) is 15.4 Å². The molecule has 0 bridgehead atoms. The number of hydrazine groups is 1. The zero-order valence-electron chi connectivity index (χ0n) is 28.9. The fourth-order valence-electron chi connectivity index (χ4n) is 5.80. The van der Waals surface area contributed by atoms with E-state index in [0.29, 0.717) is 19.4 Å². The highest BCUT2D eigenvalue weighted by Gasteiger charge is 2.26. The predicted molar refractivity (Wildman–Crippen MR) is 191 cm³/mol. The monoisotopic (exact) mass is 644 g/mol. The van der Waals surface area contributed by atoms with Crippen LogP contribution in [-0.4, -0.2) is 54.6 Å². The third kappa shape index (κ3) is 10.9. The quantitative estimate of drug-likeness (QED) is 0.0396. The number of allylic oxidation sites excluding steroid dienone is 1. The Bertz CT molecular complexity index is 1570. The third-order valence-corrected chi connectivity index (χ3v) is 8.22. The molecule has 1 amide bonds. The Morgan fingerprint density at radius 1 is 1.13 bits per heavy atom. The number of methoxy groups -OCH3 is 1. The number of carbonyl (C=O) groups excluding carboxylic acids is 2. The average Bonchev–Trinajstić information content (AvgIpc) is 3.33. The van der Waals surface area contributed by atoms with Gasteiger partial charge < -0.3 is 19.1 Å². The molecule has 0 radical (unpaired) electrons. The molecule has 2 aromatic carbocycles. The molecule has 3 rings (SSSR count). The van der Waals surface area contributed by atoms with Crippen molar-refractivity contribution in [1.29, 1.82) is 0 Å². The molecule has 1 unspecified atom stereocenters. The Kier molecular flexibility index (Phi) is 14.4. The van der Waals surface area contributed by atoms with Gasteiger partial charge in [0.15, 0.2) is 0 Å². The van der Waals surface area contributed by atoms with Gasteiger partial charge in [-0.3, -0.25) is 20.0 Å². The van der Waals surface area contributed by atoms with E-state index in [4.69, 9.17) is 9.47 Å². The van der Waals surface area contributed by atoms with E-state index in [0.717, 1.165) is 89.7 Å². The minimum Gasteiger partial charge on any atom is -0.508 e. The van der Waals surface area contributed by atoms with Crippen LogP contribution < -0.4 is 10.9 Å². The van der Waals surface area contributed by atoms with E-state index in [1.54, 1.807) is 19.4 Å². The molecule has 1 aromatic heterocycles. The maximum atomic E-state index is 11.7. The molecule has 9 nitrogen and oxygen atoms in total. The zero-order chi connectivity index (χ0) is 34.4. The summed E-state index contributed by atoms with van der Waals surface area (Å²) >= 11 is 0. The van der Waals surface area contributed by atoms with Crippen molar-refractivity contribution >= 4 is 35.6 Å². The molecule has 3 N–H and O–H groups in total. The summed E-state index contributed by atoms with van der Waals surface area (Å²) in [5.74, 6) is -0.0486. The van der Waals surface area contributed by atoms with E-state index in [2.05, 4.69) is 78.1 Å². The number of nitrogens with zero attached hydrogens (tertiary/aromatic N) is 2. The van der Waals surface area contributed by atoms with Crippen LogP contribution in [0.25, 0.3) is 28.1 Å². The summed E-state index contributed by atoms with van der Waals surface area (Å²) in [5.41, 5.74) is 12.1. The Labute approximate surface area is 279 Å². The fraction of sp³-hybridized carbons (Fsp3) is 0.447. The number of aromatic nitrogens is 1. The van der Waals surface area contributed by atoms with Gasteiger partial charge >= 0.3 is 5.97 Å². The van der Waals surface area contributed by atoms with Crippen LogP contribution in [0.15, 0.2) is 59.7 Å². The Morgan fingerprint density at radius 2 is 1.89 bits per heavy atom. The zero-order valence-corrected chi connectivity index (χ0v) is 28.9. The number of aliphatic imine (C=N–C) groups is 1. The van der Waals surface area contributed by atoms with Gasteiger partial charge in [-0.15, -0.1) is 0 Å². The summed E-state index contributed by atoms with van der Waals surface area (Å²) in [7, 11) is 1.67. The smallest absolute Gasteiger partial charge is 0.302 e. The molecule has 47 heavy (non-hydrogen) atoms. The number of fused-ring (bicyclic) bond motifs is 1. The standard InChI is InChI=1S/C38H52N4O5/c1-8-17-39-35(27(3)46-7)23-37-34(24-38(5,6)25-47-28(4)44)33-22-30(15-16-36(33)42(37)9-2)31-19-29(20-32(45)21-31)14-12-10-11-13-18-40-41-26-43/h8,15-17,19-23,26-27,40,45H,1,9-14,18,24-25H2,2-7H3,(H,41,43)/b35-23+,39-17?. The van der Waals surface area contributed by atoms with Gasteiger partial charge in [-0.25, -0.2) is 5.43 Å². The van der Waals surface area contributed by atoms with Crippen molar-refractivity contribution in [3.8, 4) is 16.9 Å². The van der Waals surface area contributed by atoms with Gasteiger partial charge in [0, 0.05) is 55.3 Å². The van der Waals surface area contributed by atoms with Crippen LogP contribution in [0.3, 0.4) is 0 Å². The van der Waals surface area contributed by atoms with Crippen LogP contribution in [0, 0.1) is 5.41 Å². The second kappa shape index (κ2) is 18.2. The molecular formula is C38H52N4O5. The fourth-order valence-corrected chi connectivity index (χ4v) is 5.80. The number of ether oxygens (including phenoxy) is 2. The lowest BCUT2D eigenvalue weighted by Crippen LogP contribution is -2.30. The van der Waals surface area contributed by atoms with Crippen LogP contribution in [0.2, 0.25) is 0 Å². The maximum absolute atomic E-state index is 11.7. The summed E-state index contributed by atoms with van der Waals surface area (Å²) in [5, 5.41) is 11.8. The molecule has 0 spiro atoms. The number of phenolic OH excluding ortho intramolecular Hbond substituents is 1. The third-order valence-electron chi connectivity index (χ3n) is 8.22. The summed E-state index contributed by atoms with van der Waals surface area (Å²) in [6.07, 6.45) is 11.4. The van der Waals surface area contributed by atoms with E-state index in [-0.39, 0.29) is 23.2 Å². The number of rotatable bonds is 20. The van der Waals surface area contributed by atoms with E-state index in [1.165, 1.54) is 6.92 Å². The SMILES string of the molecule is C=CC=N/C(=C/c1c(CC(C)(C)COC(C)=O)c2cc(-c3cc(O)cc(CCCCCCNNC=O)c3)ccc2n1CC)C(C)OC. The van der Waals surface area contributed by atoms with Crippen LogP contribution in [0.1, 0.15) is 77.1 Å². The number of aryl methyl sites for hydroxylation is 2. The van der Waals surface area contributed by atoms with Crippen molar-refractivity contribution in [2.45, 2.75) is 85.8 Å². The van der Waals surface area contributed by atoms with Gasteiger partial charge in [-0.05, 0) is 92.1 Å². The second-order valence-corrected chi connectivity index (χ2v) is 12.7. The first-order chi connectivity index (χ1) is 22.5. The van der Waals surface area contributed by atoms with Gasteiger partial charge in [-0.1, -0.05) is 51.5 Å². The Hall–Kier alpha value is -4.21. The van der Waals surface area contributed by atoms with Crippen molar-refractivity contribution in [2.75, 3.05) is 20.3 Å². The first-order valence-electron chi connectivity index (χ1n) is 16.5. The molecule has 1 atom stereocenters. The topological polar surface area (TPSA) is 114 Å².